The zero-order valence-corrected chi connectivity index (χ0v) is 8.81. The highest BCUT2D eigenvalue weighted by Crippen LogP contribution is 2.23. The van der Waals surface area contributed by atoms with Crippen molar-refractivity contribution in [2.24, 2.45) is 0 Å². The number of carboxylic acid groups (broad SMARTS) is 1. The minimum absolute atomic E-state index is 0.529. The van der Waals surface area contributed by atoms with Crippen molar-refractivity contribution >= 4 is 11.7 Å². The van der Waals surface area contributed by atoms with Crippen molar-refractivity contribution in [2.45, 2.75) is 12.6 Å². The van der Waals surface area contributed by atoms with Crippen LogP contribution in [0.1, 0.15) is 16.8 Å². The van der Waals surface area contributed by atoms with E-state index in [1.54, 1.807) is 0 Å². The monoisotopic (exact) mass is 269 g/mol. The summed E-state index contributed by atoms with van der Waals surface area (Å²) < 4.78 is 62.0. The molecule has 0 amide bonds. The first-order chi connectivity index (χ1) is 8.20. The van der Waals surface area contributed by atoms with Gasteiger partial charge in [-0.05, 0) is 12.1 Å². The number of hydrogen-bond acceptors (Lipinski definition) is 2. The van der Waals surface area contributed by atoms with Gasteiger partial charge in [0, 0.05) is 6.54 Å². The molecule has 0 unspecified atom stereocenters. The Morgan fingerprint density at radius 3 is 2.11 bits per heavy atom. The van der Waals surface area contributed by atoms with Crippen LogP contribution in [0.15, 0.2) is 12.1 Å². The van der Waals surface area contributed by atoms with Crippen LogP contribution in [0.25, 0.3) is 0 Å². The van der Waals surface area contributed by atoms with Crippen LogP contribution in [0.5, 0.6) is 0 Å². The zero-order valence-electron chi connectivity index (χ0n) is 8.81. The van der Waals surface area contributed by atoms with Gasteiger partial charge in [0.15, 0.2) is 0 Å². The summed E-state index contributed by atoms with van der Waals surface area (Å²) >= 11 is 0. The lowest BCUT2D eigenvalue weighted by Crippen LogP contribution is -2.16. The summed E-state index contributed by atoms with van der Waals surface area (Å²) in [6.07, 6.45) is -5.70. The van der Waals surface area contributed by atoms with Crippen LogP contribution in [0.3, 0.4) is 0 Å². The van der Waals surface area contributed by atoms with E-state index >= 15 is 0 Å². The smallest absolute Gasteiger partial charge is 0.390 e. The van der Waals surface area contributed by atoms with Gasteiger partial charge >= 0.3 is 12.1 Å². The number of hydrogen-bond donors (Lipinski definition) is 2. The van der Waals surface area contributed by atoms with Gasteiger partial charge in [-0.15, -0.1) is 0 Å². The summed E-state index contributed by atoms with van der Waals surface area (Å²) in [7, 11) is 0. The third-order valence-electron chi connectivity index (χ3n) is 2.00. The highest BCUT2D eigenvalue weighted by atomic mass is 19.4. The van der Waals surface area contributed by atoms with Gasteiger partial charge in [-0.1, -0.05) is 0 Å². The molecule has 0 atom stereocenters. The zero-order chi connectivity index (χ0) is 13.9. The molecule has 0 bridgehead atoms. The Kier molecular flexibility index (Phi) is 4.10. The van der Waals surface area contributed by atoms with Crippen molar-refractivity contribution in [3.8, 4) is 0 Å². The van der Waals surface area contributed by atoms with Crippen molar-refractivity contribution in [3.05, 3.63) is 29.3 Å². The molecule has 100 valence electrons. The van der Waals surface area contributed by atoms with Crippen LogP contribution >= 0.6 is 0 Å². The number of nitrogens with one attached hydrogen (secondary N) is 1. The number of aromatic carboxylic acids is 1. The normalized spacial score (nSPS) is 11.4. The van der Waals surface area contributed by atoms with Crippen LogP contribution in [0.2, 0.25) is 0 Å². The van der Waals surface area contributed by atoms with Crippen molar-refractivity contribution < 1.29 is 31.9 Å². The van der Waals surface area contributed by atoms with Crippen LogP contribution in [-0.4, -0.2) is 23.8 Å². The minimum atomic E-state index is -4.44. The number of carboxylic acids is 1. The molecule has 0 aliphatic carbocycles. The number of halogens is 5. The van der Waals surface area contributed by atoms with E-state index in [4.69, 9.17) is 5.11 Å². The molecule has 8 heteroatoms. The highest BCUT2D eigenvalue weighted by Gasteiger charge is 2.26. The Bertz CT molecular complexity index is 435. The summed E-state index contributed by atoms with van der Waals surface area (Å²) in [5.74, 6) is -4.04. The second kappa shape index (κ2) is 5.19. The Balaban J connectivity index is 2.81. The van der Waals surface area contributed by atoms with Crippen LogP contribution < -0.4 is 5.32 Å². The maximum Gasteiger partial charge on any atom is 0.390 e. The summed E-state index contributed by atoms with van der Waals surface area (Å²) in [5, 5.41) is 10.4. The van der Waals surface area contributed by atoms with Gasteiger partial charge in [-0.2, -0.15) is 13.2 Å². The molecular weight excluding hydrogens is 261 g/mol. The van der Waals surface area contributed by atoms with Gasteiger partial charge in [0.2, 0.25) is 0 Å². The van der Waals surface area contributed by atoms with E-state index in [9.17, 15) is 26.7 Å². The van der Waals surface area contributed by atoms with Gasteiger partial charge in [0.1, 0.15) is 17.3 Å². The molecule has 1 aromatic rings. The molecule has 1 rings (SSSR count). The molecule has 0 saturated heterocycles. The minimum Gasteiger partial charge on any atom is -0.478 e. The van der Waals surface area contributed by atoms with Gasteiger partial charge in [-0.25, -0.2) is 13.6 Å². The predicted molar refractivity (Wildman–Crippen MR) is 52.5 cm³/mol. The van der Waals surface area contributed by atoms with Gasteiger partial charge in [0.25, 0.3) is 0 Å². The first-order valence-corrected chi connectivity index (χ1v) is 4.73. The first-order valence-electron chi connectivity index (χ1n) is 4.73. The third kappa shape index (κ3) is 3.86. The predicted octanol–water partition coefficient (Wildman–Crippen LogP) is 3.03. The topological polar surface area (TPSA) is 49.3 Å². The van der Waals surface area contributed by atoms with E-state index < -0.39 is 48.0 Å². The van der Waals surface area contributed by atoms with E-state index in [-0.39, 0.29) is 0 Å². The van der Waals surface area contributed by atoms with Gasteiger partial charge in [0.05, 0.1) is 12.0 Å². The van der Waals surface area contributed by atoms with Crippen molar-refractivity contribution in [3.63, 3.8) is 0 Å². The molecule has 0 radical (unpaired) electrons. The number of rotatable bonds is 4. The summed E-state index contributed by atoms with van der Waals surface area (Å²) in [6.45, 7) is -0.705. The fraction of sp³-hybridized carbons (Fsp3) is 0.300. The van der Waals surface area contributed by atoms with E-state index in [1.165, 1.54) is 0 Å². The maximum atomic E-state index is 13.2. The molecule has 2 N–H and O–H groups in total. The summed E-state index contributed by atoms with van der Waals surface area (Å²) in [6, 6.07) is 1.06. The second-order valence-corrected chi connectivity index (χ2v) is 3.41. The molecule has 0 aliphatic rings. The van der Waals surface area contributed by atoms with Crippen molar-refractivity contribution in [1.82, 2.24) is 0 Å². The molecule has 0 fully saturated rings. The second-order valence-electron chi connectivity index (χ2n) is 3.41. The lowest BCUT2D eigenvalue weighted by atomic mass is 10.2. The maximum absolute atomic E-state index is 13.2. The number of alkyl halides is 3. The van der Waals surface area contributed by atoms with Gasteiger partial charge in [-0.3, -0.25) is 0 Å². The summed E-state index contributed by atoms with van der Waals surface area (Å²) in [5.41, 5.74) is -1.39. The average molecular weight is 269 g/mol. The highest BCUT2D eigenvalue weighted by molar-refractivity contribution is 5.88. The standard InChI is InChI=1S/C10H8F5NO2/c11-6-3-5(9(17)18)4-7(12)8(6)16-2-1-10(13,14)15/h3-4,16H,1-2H2,(H,17,18). The Labute approximate surface area is 98.2 Å². The molecule has 3 nitrogen and oxygen atoms in total. The largest absolute Gasteiger partial charge is 0.478 e. The van der Waals surface area contributed by atoms with Gasteiger partial charge < -0.3 is 10.4 Å². The van der Waals surface area contributed by atoms with Crippen molar-refractivity contribution in [2.75, 3.05) is 11.9 Å². The van der Waals surface area contributed by atoms with E-state index in [0.717, 1.165) is 0 Å². The fourth-order valence-electron chi connectivity index (χ4n) is 1.19. The number of anilines is 1. The van der Waals surface area contributed by atoms with E-state index in [1.807, 2.05) is 5.32 Å². The van der Waals surface area contributed by atoms with E-state index in [0.29, 0.717) is 12.1 Å². The molecule has 18 heavy (non-hydrogen) atoms. The molecular formula is C10H8F5NO2. The van der Waals surface area contributed by atoms with E-state index in [2.05, 4.69) is 0 Å². The van der Waals surface area contributed by atoms with Crippen LogP contribution in [0.4, 0.5) is 27.6 Å². The average Bonchev–Trinajstić information content (AvgIpc) is 2.20. The first kappa shape index (κ1) is 14.2. The molecule has 1 aromatic carbocycles. The third-order valence-corrected chi connectivity index (χ3v) is 2.00. The van der Waals surface area contributed by atoms with Crippen molar-refractivity contribution in [1.29, 1.82) is 0 Å². The lowest BCUT2D eigenvalue weighted by molar-refractivity contribution is -0.131. The lowest BCUT2D eigenvalue weighted by Gasteiger charge is -2.11. The molecule has 0 aliphatic heterocycles. The van der Waals surface area contributed by atoms with Crippen LogP contribution in [-0.2, 0) is 0 Å². The number of benzene rings is 1. The Morgan fingerprint density at radius 1 is 1.22 bits per heavy atom. The molecule has 0 saturated carbocycles. The quantitative estimate of drug-likeness (QED) is 0.826. The fourth-order valence-corrected chi connectivity index (χ4v) is 1.19. The SMILES string of the molecule is O=C(O)c1cc(F)c(NCCC(F)(F)F)c(F)c1. The Hall–Kier alpha value is -1.86. The number of carbonyl (C=O) groups is 1. The molecule has 0 heterocycles. The Morgan fingerprint density at radius 2 is 1.72 bits per heavy atom. The molecule has 0 spiro atoms. The molecule has 0 aromatic heterocycles. The summed E-state index contributed by atoms with van der Waals surface area (Å²) in [4.78, 5) is 10.5. The van der Waals surface area contributed by atoms with Crippen LogP contribution in [0, 0.1) is 11.6 Å².